The van der Waals surface area contributed by atoms with Gasteiger partial charge in [0.05, 0.1) is 11.6 Å². The molecule has 0 saturated carbocycles. The molecule has 0 bridgehead atoms. The van der Waals surface area contributed by atoms with Crippen LogP contribution in [0.3, 0.4) is 0 Å². The van der Waals surface area contributed by atoms with Crippen molar-refractivity contribution in [3.63, 3.8) is 0 Å². The number of rotatable bonds is 4. The Hall–Kier alpha value is -1.59. The zero-order chi connectivity index (χ0) is 14.2. The fraction of sp³-hybridized carbons (Fsp3) is 0.533. The van der Waals surface area contributed by atoms with Gasteiger partial charge < -0.3 is 15.3 Å². The van der Waals surface area contributed by atoms with E-state index >= 15 is 0 Å². The standard InChI is InChI=1S/C15H21N3O2/c1-17-14(20)16-9-15(17)10-18(11-15)8-7-13(19)12-5-3-2-4-6-12/h2-6,13,19H,7-11H2,1H3,(H,16,20)/t13-/m1/s1. The maximum atomic E-state index is 11.5. The number of nitrogens with zero attached hydrogens (tertiary/aromatic N) is 2. The second kappa shape index (κ2) is 5.07. The van der Waals surface area contributed by atoms with E-state index in [1.165, 1.54) is 0 Å². The molecule has 2 saturated heterocycles. The molecule has 108 valence electrons. The van der Waals surface area contributed by atoms with Crippen LogP contribution in [0.1, 0.15) is 18.1 Å². The molecule has 1 aromatic carbocycles. The summed E-state index contributed by atoms with van der Waals surface area (Å²) in [5, 5.41) is 13.0. The van der Waals surface area contributed by atoms with E-state index < -0.39 is 6.10 Å². The SMILES string of the molecule is CN1C(=O)NCC12CN(CC[C@@H](O)c1ccccc1)C2. The molecule has 20 heavy (non-hydrogen) atoms. The van der Waals surface area contributed by atoms with Gasteiger partial charge in [0.2, 0.25) is 0 Å². The average molecular weight is 275 g/mol. The second-order valence-corrected chi connectivity index (χ2v) is 5.87. The predicted octanol–water partition coefficient (Wildman–Crippen LogP) is 0.819. The van der Waals surface area contributed by atoms with Gasteiger partial charge >= 0.3 is 6.03 Å². The van der Waals surface area contributed by atoms with E-state index in [1.54, 1.807) is 0 Å². The summed E-state index contributed by atoms with van der Waals surface area (Å²) in [6.07, 6.45) is 0.319. The number of likely N-dealkylation sites (N-methyl/N-ethyl adjacent to an activating group) is 1. The first kappa shape index (κ1) is 13.4. The molecule has 2 heterocycles. The summed E-state index contributed by atoms with van der Waals surface area (Å²) in [4.78, 5) is 15.6. The summed E-state index contributed by atoms with van der Waals surface area (Å²) in [6.45, 7) is 3.38. The highest BCUT2D eigenvalue weighted by Gasteiger charge is 2.51. The highest BCUT2D eigenvalue weighted by atomic mass is 16.3. The molecule has 5 heteroatoms. The van der Waals surface area contributed by atoms with Gasteiger partial charge in [0, 0.05) is 33.2 Å². The summed E-state index contributed by atoms with van der Waals surface area (Å²) >= 11 is 0. The van der Waals surface area contributed by atoms with Crippen LogP contribution in [-0.2, 0) is 0 Å². The van der Waals surface area contributed by atoms with Gasteiger partial charge in [-0.1, -0.05) is 30.3 Å². The lowest BCUT2D eigenvalue weighted by atomic mass is 9.89. The van der Waals surface area contributed by atoms with E-state index in [0.29, 0.717) is 0 Å². The number of carbonyl (C=O) groups is 1. The fourth-order valence-corrected chi connectivity index (χ4v) is 3.11. The number of aliphatic hydroxyl groups is 1. The first-order valence-corrected chi connectivity index (χ1v) is 7.08. The molecule has 2 aliphatic heterocycles. The Bertz CT molecular complexity index is 485. The molecule has 2 aliphatic rings. The van der Waals surface area contributed by atoms with Crippen molar-refractivity contribution in [3.8, 4) is 0 Å². The molecule has 2 amide bonds. The van der Waals surface area contributed by atoms with Crippen LogP contribution in [0.5, 0.6) is 0 Å². The van der Waals surface area contributed by atoms with E-state index in [2.05, 4.69) is 10.2 Å². The van der Waals surface area contributed by atoms with Crippen molar-refractivity contribution in [3.05, 3.63) is 35.9 Å². The lowest BCUT2D eigenvalue weighted by molar-refractivity contribution is -0.00407. The Morgan fingerprint density at radius 3 is 2.65 bits per heavy atom. The van der Waals surface area contributed by atoms with Gasteiger partial charge in [0.15, 0.2) is 0 Å². The third-order valence-electron chi connectivity index (χ3n) is 4.52. The van der Waals surface area contributed by atoms with Gasteiger partial charge in [-0.3, -0.25) is 4.90 Å². The van der Waals surface area contributed by atoms with E-state index in [0.717, 1.165) is 38.2 Å². The summed E-state index contributed by atoms with van der Waals surface area (Å²) in [5.74, 6) is 0. The van der Waals surface area contributed by atoms with Crippen LogP contribution in [0.15, 0.2) is 30.3 Å². The fourth-order valence-electron chi connectivity index (χ4n) is 3.11. The molecule has 1 spiro atoms. The third kappa shape index (κ3) is 2.27. The van der Waals surface area contributed by atoms with Gasteiger partial charge in [-0.05, 0) is 12.0 Å². The molecule has 0 unspecified atom stereocenters. The van der Waals surface area contributed by atoms with Crippen molar-refractivity contribution in [1.82, 2.24) is 15.1 Å². The molecule has 0 aliphatic carbocycles. The first-order chi connectivity index (χ1) is 9.61. The zero-order valence-electron chi connectivity index (χ0n) is 11.7. The van der Waals surface area contributed by atoms with Crippen molar-refractivity contribution >= 4 is 6.03 Å². The van der Waals surface area contributed by atoms with Gasteiger partial charge in [0.25, 0.3) is 0 Å². The maximum Gasteiger partial charge on any atom is 0.317 e. The number of nitrogens with one attached hydrogen (secondary N) is 1. The van der Waals surface area contributed by atoms with Crippen LogP contribution < -0.4 is 5.32 Å². The van der Waals surface area contributed by atoms with Gasteiger partial charge in [-0.15, -0.1) is 0 Å². The first-order valence-electron chi connectivity index (χ1n) is 7.08. The Balaban J connectivity index is 1.47. The lowest BCUT2D eigenvalue weighted by Crippen LogP contribution is -2.69. The van der Waals surface area contributed by atoms with Crippen LogP contribution in [0.4, 0.5) is 4.79 Å². The topological polar surface area (TPSA) is 55.8 Å². The number of benzene rings is 1. The zero-order valence-corrected chi connectivity index (χ0v) is 11.7. The summed E-state index contributed by atoms with van der Waals surface area (Å²) in [7, 11) is 1.86. The number of amides is 2. The molecule has 5 nitrogen and oxygen atoms in total. The second-order valence-electron chi connectivity index (χ2n) is 5.87. The third-order valence-corrected chi connectivity index (χ3v) is 4.52. The maximum absolute atomic E-state index is 11.5. The summed E-state index contributed by atoms with van der Waals surface area (Å²) in [6, 6.07) is 9.78. The van der Waals surface area contributed by atoms with Crippen molar-refractivity contribution in [1.29, 1.82) is 0 Å². The van der Waals surface area contributed by atoms with Crippen molar-refractivity contribution in [2.24, 2.45) is 0 Å². The molecule has 1 atom stereocenters. The molecule has 2 N–H and O–H groups in total. The number of hydrogen-bond donors (Lipinski definition) is 2. The predicted molar refractivity (Wildman–Crippen MR) is 76.4 cm³/mol. The molecule has 1 aromatic rings. The molecule has 0 aromatic heterocycles. The van der Waals surface area contributed by atoms with Crippen LogP contribution in [0.2, 0.25) is 0 Å². The molecule has 3 rings (SSSR count). The summed E-state index contributed by atoms with van der Waals surface area (Å²) < 4.78 is 0. The molecular formula is C15H21N3O2. The smallest absolute Gasteiger partial charge is 0.317 e. The monoisotopic (exact) mass is 275 g/mol. The van der Waals surface area contributed by atoms with Crippen LogP contribution >= 0.6 is 0 Å². The number of carbonyl (C=O) groups excluding carboxylic acids is 1. The minimum Gasteiger partial charge on any atom is -0.388 e. The largest absolute Gasteiger partial charge is 0.388 e. The Morgan fingerprint density at radius 1 is 1.35 bits per heavy atom. The Morgan fingerprint density at radius 2 is 2.05 bits per heavy atom. The Labute approximate surface area is 119 Å². The van der Waals surface area contributed by atoms with Crippen molar-refractivity contribution in [2.45, 2.75) is 18.1 Å². The van der Waals surface area contributed by atoms with Crippen LogP contribution in [-0.4, -0.2) is 59.7 Å². The highest BCUT2D eigenvalue weighted by molar-refractivity contribution is 5.78. The van der Waals surface area contributed by atoms with Gasteiger partial charge in [-0.25, -0.2) is 4.79 Å². The Kier molecular flexibility index (Phi) is 3.40. The van der Waals surface area contributed by atoms with E-state index in [4.69, 9.17) is 0 Å². The number of aliphatic hydroxyl groups excluding tert-OH is 1. The number of urea groups is 1. The lowest BCUT2D eigenvalue weighted by Gasteiger charge is -2.50. The quantitative estimate of drug-likeness (QED) is 0.855. The summed E-state index contributed by atoms with van der Waals surface area (Å²) in [5.41, 5.74) is 0.951. The van der Waals surface area contributed by atoms with Gasteiger partial charge in [-0.2, -0.15) is 0 Å². The minimum absolute atomic E-state index is 0.0191. The molecular weight excluding hydrogens is 254 g/mol. The van der Waals surface area contributed by atoms with Crippen molar-refractivity contribution in [2.75, 3.05) is 33.2 Å². The molecule has 0 radical (unpaired) electrons. The minimum atomic E-state index is -0.409. The van der Waals surface area contributed by atoms with E-state index in [-0.39, 0.29) is 11.6 Å². The van der Waals surface area contributed by atoms with E-state index in [1.807, 2.05) is 42.3 Å². The number of likely N-dealkylation sites (tertiary alicyclic amines) is 1. The molecule has 2 fully saturated rings. The van der Waals surface area contributed by atoms with Gasteiger partial charge in [0.1, 0.15) is 0 Å². The average Bonchev–Trinajstić information content (AvgIpc) is 2.73. The van der Waals surface area contributed by atoms with Crippen molar-refractivity contribution < 1.29 is 9.90 Å². The van der Waals surface area contributed by atoms with Crippen LogP contribution in [0.25, 0.3) is 0 Å². The van der Waals surface area contributed by atoms with Crippen LogP contribution in [0, 0.1) is 0 Å². The normalized spacial score (nSPS) is 22.7. The van der Waals surface area contributed by atoms with E-state index in [9.17, 15) is 9.90 Å². The number of hydrogen-bond acceptors (Lipinski definition) is 3. The highest BCUT2D eigenvalue weighted by Crippen LogP contribution is 2.30.